The number of fused-ring (bicyclic) bond motifs is 2. The molecule has 3 aromatic rings. The van der Waals surface area contributed by atoms with Gasteiger partial charge in [0.05, 0.1) is 46.8 Å². The van der Waals surface area contributed by atoms with Gasteiger partial charge < -0.3 is 20.6 Å². The Bertz CT molecular complexity index is 1290. The maximum Gasteiger partial charge on any atom is 0.254 e. The molecule has 0 aliphatic carbocycles. The predicted octanol–water partition coefficient (Wildman–Crippen LogP) is 3.65. The first-order valence-corrected chi connectivity index (χ1v) is 12.9. The van der Waals surface area contributed by atoms with Crippen molar-refractivity contribution in [3.63, 3.8) is 0 Å². The van der Waals surface area contributed by atoms with E-state index in [4.69, 9.17) is 4.98 Å². The van der Waals surface area contributed by atoms with Crippen molar-refractivity contribution in [1.29, 1.82) is 0 Å². The fourth-order valence-electron chi connectivity index (χ4n) is 5.76. The Morgan fingerprint density at radius 2 is 2.00 bits per heavy atom. The number of amides is 1. The number of pyridine rings is 2. The summed E-state index contributed by atoms with van der Waals surface area (Å²) in [7, 11) is 0. The Morgan fingerprint density at radius 1 is 1.11 bits per heavy atom. The summed E-state index contributed by atoms with van der Waals surface area (Å²) in [6.45, 7) is 6.95. The predicted molar refractivity (Wildman–Crippen MR) is 138 cm³/mol. The minimum absolute atomic E-state index is 0.0974. The van der Waals surface area contributed by atoms with Gasteiger partial charge in [0.25, 0.3) is 5.91 Å². The third-order valence-corrected chi connectivity index (χ3v) is 7.87. The number of hydrogen-bond acceptors (Lipinski definition) is 7. The molecule has 3 aliphatic heterocycles. The van der Waals surface area contributed by atoms with Gasteiger partial charge in [-0.25, -0.2) is 4.98 Å². The largest absolute Gasteiger partial charge is 0.390 e. The maximum atomic E-state index is 12.8. The maximum absolute atomic E-state index is 12.8. The fourth-order valence-corrected chi connectivity index (χ4v) is 5.76. The summed E-state index contributed by atoms with van der Waals surface area (Å²) in [5, 5.41) is 21.3. The van der Waals surface area contributed by atoms with E-state index in [-0.39, 0.29) is 11.8 Å². The molecular formula is C27H33N7O2. The summed E-state index contributed by atoms with van der Waals surface area (Å²) in [5.74, 6) is 0.797. The number of piperidine rings is 1. The van der Waals surface area contributed by atoms with E-state index < -0.39 is 5.60 Å². The van der Waals surface area contributed by atoms with E-state index in [1.165, 1.54) is 5.69 Å². The molecule has 0 saturated carbocycles. The van der Waals surface area contributed by atoms with Crippen LogP contribution >= 0.6 is 0 Å². The number of aliphatic hydroxyl groups is 1. The van der Waals surface area contributed by atoms with E-state index in [9.17, 15) is 9.90 Å². The minimum Gasteiger partial charge on any atom is -0.390 e. The monoisotopic (exact) mass is 487 g/mol. The number of aryl methyl sites for hydroxylation is 1. The summed E-state index contributed by atoms with van der Waals surface area (Å²) >= 11 is 0. The molecular weight excluding hydrogens is 454 g/mol. The lowest BCUT2D eigenvalue weighted by Crippen LogP contribution is -2.44. The standard InChI is InChI=1S/C27H33N7O2/c1-27(2,36)17-6-5-10-33(16-17)18-8-9-23(28-12-18)32-21-15-29-25(20-13-30-26(35)24(20)21)19-14-31-34-11-4-3-7-22(19)34/h8-9,12,14-15,17,36H,3-7,10-11,13,16H2,1-2H3,(H,28,32)(H,30,35)/t17-/m0/s1. The van der Waals surface area contributed by atoms with E-state index in [2.05, 4.69) is 30.3 Å². The van der Waals surface area contributed by atoms with Gasteiger partial charge in [0, 0.05) is 48.9 Å². The number of anilines is 3. The van der Waals surface area contributed by atoms with E-state index in [1.54, 1.807) is 6.20 Å². The van der Waals surface area contributed by atoms with Crippen molar-refractivity contribution >= 4 is 23.1 Å². The molecule has 36 heavy (non-hydrogen) atoms. The number of nitrogens with one attached hydrogen (secondary N) is 2. The summed E-state index contributed by atoms with van der Waals surface area (Å²) in [4.78, 5) is 24.5. The second-order valence-electron chi connectivity index (χ2n) is 10.7. The number of hydrogen-bond donors (Lipinski definition) is 3. The Balaban J connectivity index is 1.25. The van der Waals surface area contributed by atoms with Crippen LogP contribution in [0.3, 0.4) is 0 Å². The molecule has 1 saturated heterocycles. The fraction of sp³-hybridized carbons (Fsp3) is 0.481. The third kappa shape index (κ3) is 4.11. The van der Waals surface area contributed by atoms with Crippen molar-refractivity contribution in [2.75, 3.05) is 23.3 Å². The molecule has 9 heteroatoms. The SMILES string of the molecule is CC(C)(O)[C@H]1CCCN(c2ccc(Nc3cnc(-c4cnn5c4CCCC5)c4c3C(=O)NC4)nc2)C1. The van der Waals surface area contributed by atoms with Crippen molar-refractivity contribution in [2.24, 2.45) is 5.92 Å². The smallest absolute Gasteiger partial charge is 0.254 e. The molecule has 0 unspecified atom stereocenters. The van der Waals surface area contributed by atoms with E-state index in [0.29, 0.717) is 23.6 Å². The van der Waals surface area contributed by atoms with Gasteiger partial charge in [-0.2, -0.15) is 5.10 Å². The highest BCUT2D eigenvalue weighted by Crippen LogP contribution is 2.36. The van der Waals surface area contributed by atoms with Crippen molar-refractivity contribution < 1.29 is 9.90 Å². The van der Waals surface area contributed by atoms with Gasteiger partial charge in [0.2, 0.25) is 0 Å². The van der Waals surface area contributed by atoms with Gasteiger partial charge in [0.15, 0.2) is 0 Å². The second kappa shape index (κ2) is 8.89. The highest BCUT2D eigenvalue weighted by atomic mass is 16.3. The molecule has 3 N–H and O–H groups in total. The Morgan fingerprint density at radius 3 is 2.81 bits per heavy atom. The summed E-state index contributed by atoms with van der Waals surface area (Å²) in [6, 6.07) is 3.98. The van der Waals surface area contributed by atoms with Crippen LogP contribution in [0.2, 0.25) is 0 Å². The lowest BCUT2D eigenvalue weighted by molar-refractivity contribution is 0.0110. The van der Waals surface area contributed by atoms with Crippen LogP contribution in [0, 0.1) is 5.92 Å². The molecule has 3 aromatic heterocycles. The van der Waals surface area contributed by atoms with Crippen LogP contribution in [0.1, 0.15) is 61.1 Å². The summed E-state index contributed by atoms with van der Waals surface area (Å²) < 4.78 is 2.07. The molecule has 6 rings (SSSR count). The lowest BCUT2D eigenvalue weighted by atomic mass is 9.84. The van der Waals surface area contributed by atoms with E-state index >= 15 is 0 Å². The van der Waals surface area contributed by atoms with Crippen molar-refractivity contribution in [3.05, 3.63) is 47.5 Å². The van der Waals surface area contributed by atoms with Crippen LogP contribution in [-0.2, 0) is 19.5 Å². The van der Waals surface area contributed by atoms with Gasteiger partial charge in [-0.05, 0) is 58.1 Å². The zero-order valence-electron chi connectivity index (χ0n) is 20.9. The Kier molecular flexibility index (Phi) is 5.67. The molecule has 6 heterocycles. The van der Waals surface area contributed by atoms with Crippen LogP contribution in [0.25, 0.3) is 11.3 Å². The van der Waals surface area contributed by atoms with E-state index in [1.807, 2.05) is 38.4 Å². The molecule has 0 radical (unpaired) electrons. The molecule has 188 valence electrons. The van der Waals surface area contributed by atoms with Crippen molar-refractivity contribution in [1.82, 2.24) is 25.1 Å². The van der Waals surface area contributed by atoms with Crippen LogP contribution < -0.4 is 15.5 Å². The molecule has 0 spiro atoms. The molecule has 1 amide bonds. The average Bonchev–Trinajstić information content (AvgIpc) is 3.49. The number of carbonyl (C=O) groups excluding carboxylic acids is 1. The van der Waals surface area contributed by atoms with Crippen molar-refractivity contribution in [3.8, 4) is 11.3 Å². The third-order valence-electron chi connectivity index (χ3n) is 7.87. The zero-order chi connectivity index (χ0) is 24.9. The van der Waals surface area contributed by atoms with Gasteiger partial charge in [-0.15, -0.1) is 0 Å². The first-order chi connectivity index (χ1) is 17.4. The number of aromatic nitrogens is 4. The highest BCUT2D eigenvalue weighted by Gasteiger charge is 2.32. The first kappa shape index (κ1) is 23.0. The van der Waals surface area contributed by atoms with Gasteiger partial charge in [-0.1, -0.05) is 0 Å². The molecule has 9 nitrogen and oxygen atoms in total. The minimum atomic E-state index is -0.690. The van der Waals surface area contributed by atoms with Crippen LogP contribution in [0.5, 0.6) is 0 Å². The second-order valence-corrected chi connectivity index (χ2v) is 10.7. The molecule has 0 bridgehead atoms. The quantitative estimate of drug-likeness (QED) is 0.504. The molecule has 3 aliphatic rings. The van der Waals surface area contributed by atoms with Crippen LogP contribution in [0.4, 0.5) is 17.2 Å². The average molecular weight is 488 g/mol. The topological polar surface area (TPSA) is 108 Å². The number of nitrogens with zero attached hydrogens (tertiary/aromatic N) is 5. The van der Waals surface area contributed by atoms with Gasteiger partial charge in [-0.3, -0.25) is 14.5 Å². The van der Waals surface area contributed by atoms with Crippen molar-refractivity contribution in [2.45, 2.75) is 64.6 Å². The molecule has 0 aromatic carbocycles. The lowest BCUT2D eigenvalue weighted by Gasteiger charge is -2.39. The first-order valence-electron chi connectivity index (χ1n) is 12.9. The summed E-state index contributed by atoms with van der Waals surface area (Å²) in [5.41, 5.74) is 5.62. The Hall–Kier alpha value is -3.46. The molecule has 1 atom stereocenters. The number of carbonyl (C=O) groups is 1. The summed E-state index contributed by atoms with van der Waals surface area (Å²) in [6.07, 6.45) is 10.8. The Labute approximate surface area is 210 Å². The zero-order valence-corrected chi connectivity index (χ0v) is 20.9. The number of rotatable bonds is 5. The normalized spacial score (nSPS) is 19.6. The van der Waals surface area contributed by atoms with Crippen LogP contribution in [-0.4, -0.2) is 49.5 Å². The van der Waals surface area contributed by atoms with Crippen LogP contribution in [0.15, 0.2) is 30.7 Å². The van der Waals surface area contributed by atoms with Gasteiger partial charge >= 0.3 is 0 Å². The highest BCUT2D eigenvalue weighted by molar-refractivity contribution is 6.05. The van der Waals surface area contributed by atoms with Gasteiger partial charge in [0.1, 0.15) is 5.82 Å². The van der Waals surface area contributed by atoms with E-state index in [0.717, 1.165) is 74.2 Å². The molecule has 1 fully saturated rings.